The molecule has 0 aliphatic carbocycles. The van der Waals surface area contributed by atoms with Gasteiger partial charge in [0.1, 0.15) is 5.25 Å². The van der Waals surface area contributed by atoms with E-state index in [4.69, 9.17) is 9.47 Å². The first-order chi connectivity index (χ1) is 13.1. The Morgan fingerprint density at radius 1 is 1.30 bits per heavy atom. The molecule has 1 aliphatic rings. The third kappa shape index (κ3) is 6.46. The lowest BCUT2D eigenvalue weighted by molar-refractivity contribution is -0.125. The van der Waals surface area contributed by atoms with Gasteiger partial charge in [-0.2, -0.15) is 0 Å². The number of ether oxygens (including phenoxy) is 2. The molecule has 1 aliphatic heterocycles. The van der Waals surface area contributed by atoms with Gasteiger partial charge >= 0.3 is 0 Å². The van der Waals surface area contributed by atoms with E-state index in [9.17, 15) is 9.59 Å². The third-order valence-corrected chi connectivity index (χ3v) is 5.22. The van der Waals surface area contributed by atoms with E-state index in [1.807, 2.05) is 18.2 Å². The van der Waals surface area contributed by atoms with Crippen LogP contribution in [0.5, 0.6) is 11.5 Å². The maximum Gasteiger partial charge on any atom is 0.240 e. The minimum Gasteiger partial charge on any atom is -0.493 e. The first-order valence-corrected chi connectivity index (χ1v) is 9.95. The molecule has 2 amide bonds. The van der Waals surface area contributed by atoms with Crippen molar-refractivity contribution in [1.29, 1.82) is 0 Å². The van der Waals surface area contributed by atoms with Gasteiger partial charge in [0.25, 0.3) is 0 Å². The van der Waals surface area contributed by atoms with Crippen LogP contribution in [0.1, 0.15) is 31.7 Å². The number of aliphatic imine (C=N–C) groups is 1. The predicted molar refractivity (Wildman–Crippen MR) is 108 cm³/mol. The highest BCUT2D eigenvalue weighted by Gasteiger charge is 2.31. The Balaban J connectivity index is 1.76. The van der Waals surface area contributed by atoms with Crippen molar-refractivity contribution in [2.45, 2.75) is 37.9 Å². The van der Waals surface area contributed by atoms with E-state index in [2.05, 4.69) is 22.5 Å². The monoisotopic (exact) mass is 393 g/mol. The van der Waals surface area contributed by atoms with Crippen molar-refractivity contribution in [3.8, 4) is 11.5 Å². The number of carbonyl (C=O) groups excluding carboxylic acids is 2. The molecular weight excluding hydrogens is 366 g/mol. The van der Waals surface area contributed by atoms with Gasteiger partial charge in [0.15, 0.2) is 16.7 Å². The summed E-state index contributed by atoms with van der Waals surface area (Å²) >= 11 is 1.33. The first-order valence-electron chi connectivity index (χ1n) is 9.07. The summed E-state index contributed by atoms with van der Waals surface area (Å²) in [5.41, 5.74) is 1.03. The van der Waals surface area contributed by atoms with E-state index in [1.165, 1.54) is 11.8 Å². The average molecular weight is 394 g/mol. The largest absolute Gasteiger partial charge is 0.493 e. The molecule has 1 saturated heterocycles. The second kappa shape index (κ2) is 10.8. The maximum atomic E-state index is 12.1. The molecule has 7 nitrogen and oxygen atoms in total. The summed E-state index contributed by atoms with van der Waals surface area (Å²) in [5, 5.41) is 5.82. The van der Waals surface area contributed by atoms with Crippen LogP contribution in [0.2, 0.25) is 0 Å². The Morgan fingerprint density at radius 3 is 2.78 bits per heavy atom. The zero-order valence-electron chi connectivity index (χ0n) is 16.0. The van der Waals surface area contributed by atoms with Crippen LogP contribution < -0.4 is 20.1 Å². The molecule has 1 unspecified atom stereocenters. The summed E-state index contributed by atoms with van der Waals surface area (Å²) in [6.07, 6.45) is 2.86. The van der Waals surface area contributed by atoms with E-state index >= 15 is 0 Å². The number of hydrogen-bond donors (Lipinski definition) is 2. The van der Waals surface area contributed by atoms with Crippen LogP contribution in [0, 0.1) is 0 Å². The number of methoxy groups -OCH3 is 2. The molecule has 1 heterocycles. The standard InChI is InChI=1S/C19H27N3O4S/c1-4-5-9-21-19-22-18(24)16(27-19)12-17(23)20-10-8-13-6-7-14(25-2)15(11-13)26-3/h6-7,11,16H,4-5,8-10,12H2,1-3H3,(H,20,23)(H,21,22,24). The summed E-state index contributed by atoms with van der Waals surface area (Å²) < 4.78 is 10.5. The highest BCUT2D eigenvalue weighted by molar-refractivity contribution is 8.15. The van der Waals surface area contributed by atoms with E-state index < -0.39 is 5.25 Å². The minimum atomic E-state index is -0.411. The fourth-order valence-corrected chi connectivity index (χ4v) is 3.57. The number of amidine groups is 1. The molecule has 27 heavy (non-hydrogen) atoms. The van der Waals surface area contributed by atoms with E-state index in [0.717, 1.165) is 18.4 Å². The van der Waals surface area contributed by atoms with E-state index in [-0.39, 0.29) is 18.2 Å². The van der Waals surface area contributed by atoms with Crippen LogP contribution in [0.3, 0.4) is 0 Å². The molecular formula is C19H27N3O4S. The number of unbranched alkanes of at least 4 members (excludes halogenated alkanes) is 1. The van der Waals surface area contributed by atoms with Crippen molar-refractivity contribution in [2.24, 2.45) is 4.99 Å². The van der Waals surface area contributed by atoms with Gasteiger partial charge in [0.05, 0.1) is 14.2 Å². The van der Waals surface area contributed by atoms with Crippen LogP contribution in [0.4, 0.5) is 0 Å². The van der Waals surface area contributed by atoms with Crippen LogP contribution >= 0.6 is 11.8 Å². The minimum absolute atomic E-state index is 0.141. The second-order valence-corrected chi connectivity index (χ2v) is 7.32. The molecule has 0 spiro atoms. The van der Waals surface area contributed by atoms with Crippen molar-refractivity contribution in [3.63, 3.8) is 0 Å². The fraction of sp³-hybridized carbons (Fsp3) is 0.526. The Hall–Kier alpha value is -2.22. The molecule has 2 N–H and O–H groups in total. The molecule has 1 atom stereocenters. The number of rotatable bonds is 10. The van der Waals surface area contributed by atoms with Crippen LogP contribution in [0.25, 0.3) is 0 Å². The smallest absolute Gasteiger partial charge is 0.240 e. The summed E-state index contributed by atoms with van der Waals surface area (Å²) in [6, 6.07) is 5.67. The van der Waals surface area contributed by atoms with Crippen molar-refractivity contribution < 1.29 is 19.1 Å². The van der Waals surface area contributed by atoms with Crippen LogP contribution in [0.15, 0.2) is 23.2 Å². The molecule has 1 aromatic rings. The van der Waals surface area contributed by atoms with Gasteiger partial charge in [-0.1, -0.05) is 31.2 Å². The SMILES string of the molecule is CCCCN=C1NC(=O)C(CC(=O)NCCc2ccc(OC)c(OC)c2)S1. The van der Waals surface area contributed by atoms with Crippen molar-refractivity contribution >= 4 is 28.7 Å². The van der Waals surface area contributed by atoms with Gasteiger partial charge in [0.2, 0.25) is 11.8 Å². The number of nitrogens with zero attached hydrogens (tertiary/aromatic N) is 1. The quantitative estimate of drug-likeness (QED) is 0.595. The zero-order valence-corrected chi connectivity index (χ0v) is 16.9. The first kappa shape index (κ1) is 21.1. The summed E-state index contributed by atoms with van der Waals surface area (Å²) in [5.74, 6) is 1.05. The van der Waals surface area contributed by atoms with Crippen molar-refractivity contribution in [2.75, 3.05) is 27.3 Å². The zero-order chi connectivity index (χ0) is 19.6. The number of thioether (sulfide) groups is 1. The van der Waals surface area contributed by atoms with Crippen molar-refractivity contribution in [1.82, 2.24) is 10.6 Å². The average Bonchev–Trinajstić information content (AvgIpc) is 3.01. The Kier molecular flexibility index (Phi) is 8.44. The molecule has 0 aromatic heterocycles. The summed E-state index contributed by atoms with van der Waals surface area (Å²) in [7, 11) is 3.18. The molecule has 8 heteroatoms. The number of benzene rings is 1. The van der Waals surface area contributed by atoms with Gasteiger partial charge in [-0.05, 0) is 30.5 Å². The number of carbonyl (C=O) groups is 2. The molecule has 1 aromatic carbocycles. The molecule has 0 saturated carbocycles. The van der Waals surface area contributed by atoms with Crippen LogP contribution in [-0.2, 0) is 16.0 Å². The lowest BCUT2D eigenvalue weighted by atomic mass is 10.1. The highest BCUT2D eigenvalue weighted by atomic mass is 32.2. The summed E-state index contributed by atoms with van der Waals surface area (Å²) in [4.78, 5) is 28.4. The predicted octanol–water partition coefficient (Wildman–Crippen LogP) is 2.14. The Bertz CT molecular complexity index is 694. The molecule has 1 fully saturated rings. The normalized spacial score (nSPS) is 17.7. The fourth-order valence-electron chi connectivity index (χ4n) is 2.58. The third-order valence-electron chi connectivity index (χ3n) is 4.10. The van der Waals surface area contributed by atoms with E-state index in [1.54, 1.807) is 14.2 Å². The molecule has 0 radical (unpaired) electrons. The topological polar surface area (TPSA) is 89.0 Å². The van der Waals surface area contributed by atoms with Gasteiger partial charge in [-0.15, -0.1) is 0 Å². The van der Waals surface area contributed by atoms with E-state index in [0.29, 0.717) is 36.2 Å². The number of hydrogen-bond acceptors (Lipinski definition) is 6. The van der Waals surface area contributed by atoms with Gasteiger partial charge < -0.3 is 20.1 Å². The van der Waals surface area contributed by atoms with Gasteiger partial charge in [-0.3, -0.25) is 14.6 Å². The maximum absolute atomic E-state index is 12.1. The van der Waals surface area contributed by atoms with Crippen molar-refractivity contribution in [3.05, 3.63) is 23.8 Å². The molecule has 2 rings (SSSR count). The summed E-state index contributed by atoms with van der Waals surface area (Å²) in [6.45, 7) is 3.28. The molecule has 0 bridgehead atoms. The Morgan fingerprint density at radius 2 is 2.07 bits per heavy atom. The van der Waals surface area contributed by atoms with Gasteiger partial charge in [0, 0.05) is 19.5 Å². The van der Waals surface area contributed by atoms with Gasteiger partial charge in [-0.25, -0.2) is 0 Å². The number of nitrogens with one attached hydrogen (secondary N) is 2. The second-order valence-electron chi connectivity index (χ2n) is 6.13. The Labute approximate surface area is 164 Å². The number of amides is 2. The lowest BCUT2D eigenvalue weighted by Gasteiger charge is -2.10. The molecule has 148 valence electrons. The lowest BCUT2D eigenvalue weighted by Crippen LogP contribution is -2.32. The van der Waals surface area contributed by atoms with Crippen LogP contribution in [-0.4, -0.2) is 49.5 Å². The highest BCUT2D eigenvalue weighted by Crippen LogP contribution is 2.27.